The number of ether oxygens (including phenoxy) is 3. The van der Waals surface area contributed by atoms with Gasteiger partial charge in [0, 0.05) is 10.9 Å². The van der Waals surface area contributed by atoms with Gasteiger partial charge in [-0.15, -0.1) is 0 Å². The molecule has 1 saturated carbocycles. The van der Waals surface area contributed by atoms with Crippen LogP contribution in [0, 0.1) is 0 Å². The summed E-state index contributed by atoms with van der Waals surface area (Å²) >= 11 is 0. The second-order valence-electron chi connectivity index (χ2n) is 7.57. The fourth-order valence-electron chi connectivity index (χ4n) is 3.94. The number of esters is 2. The summed E-state index contributed by atoms with van der Waals surface area (Å²) in [6.07, 6.45) is 5.00. The maximum atomic E-state index is 12.6. The summed E-state index contributed by atoms with van der Waals surface area (Å²) in [5.74, 6) is -0.362. The first-order chi connectivity index (χ1) is 15.0. The molecule has 162 valence electrons. The number of carbonyl (C=O) groups is 2. The molecule has 0 spiro atoms. The van der Waals surface area contributed by atoms with E-state index in [-0.39, 0.29) is 12.1 Å². The van der Waals surface area contributed by atoms with Crippen LogP contribution >= 0.6 is 0 Å². The Hall–Kier alpha value is -3.39. The predicted molar refractivity (Wildman–Crippen MR) is 114 cm³/mol. The average molecular weight is 423 g/mol. The van der Waals surface area contributed by atoms with Crippen LogP contribution < -0.4 is 10.5 Å². The van der Waals surface area contributed by atoms with Gasteiger partial charge >= 0.3 is 11.9 Å². The largest absolute Gasteiger partial charge is 0.496 e. The molecule has 3 aromatic rings. The highest BCUT2D eigenvalue weighted by atomic mass is 16.5. The highest BCUT2D eigenvalue weighted by Gasteiger charge is 2.22. The first kappa shape index (κ1) is 20.9. The van der Waals surface area contributed by atoms with Crippen molar-refractivity contribution < 1.29 is 23.8 Å². The quantitative estimate of drug-likeness (QED) is 0.606. The monoisotopic (exact) mass is 423 g/mol. The van der Waals surface area contributed by atoms with Crippen molar-refractivity contribution in [3.63, 3.8) is 0 Å². The maximum Gasteiger partial charge on any atom is 0.338 e. The van der Waals surface area contributed by atoms with Crippen LogP contribution in [0.25, 0.3) is 10.9 Å². The Kier molecular flexibility index (Phi) is 5.90. The average Bonchev–Trinajstić information content (AvgIpc) is 3.46. The minimum Gasteiger partial charge on any atom is -0.496 e. The number of nitrogens with zero attached hydrogens (tertiary/aromatic N) is 2. The molecule has 0 radical (unpaired) electrons. The number of hydrogen-bond donors (Lipinski definition) is 1. The molecule has 0 aliphatic heterocycles. The summed E-state index contributed by atoms with van der Waals surface area (Å²) in [5, 5.41) is 5.26. The second-order valence-corrected chi connectivity index (χ2v) is 7.57. The van der Waals surface area contributed by atoms with Crippen molar-refractivity contribution >= 4 is 22.8 Å². The normalized spacial score (nSPS) is 15.1. The molecule has 1 aliphatic carbocycles. The number of hydrogen-bond acceptors (Lipinski definition) is 7. The zero-order chi connectivity index (χ0) is 22.0. The van der Waals surface area contributed by atoms with Crippen LogP contribution in [0.3, 0.4) is 0 Å². The highest BCUT2D eigenvalue weighted by molar-refractivity contribution is 5.94. The van der Waals surface area contributed by atoms with Gasteiger partial charge in [0.1, 0.15) is 18.0 Å². The molecule has 1 atom stereocenters. The Bertz CT molecular complexity index is 1120. The van der Waals surface area contributed by atoms with Crippen LogP contribution in [-0.2, 0) is 9.47 Å². The Morgan fingerprint density at radius 2 is 1.77 bits per heavy atom. The van der Waals surface area contributed by atoms with E-state index in [1.807, 2.05) is 6.07 Å². The van der Waals surface area contributed by atoms with Crippen LogP contribution in [0.1, 0.15) is 58.1 Å². The molecular weight excluding hydrogens is 398 g/mol. The van der Waals surface area contributed by atoms with Gasteiger partial charge in [-0.05, 0) is 49.9 Å². The molecule has 1 heterocycles. The second kappa shape index (κ2) is 8.77. The number of rotatable bonds is 6. The summed E-state index contributed by atoms with van der Waals surface area (Å²) in [4.78, 5) is 24.4. The van der Waals surface area contributed by atoms with E-state index in [0.717, 1.165) is 31.1 Å². The predicted octanol–water partition coefficient (Wildman–Crippen LogP) is 3.44. The molecule has 31 heavy (non-hydrogen) atoms. The number of methoxy groups -OCH3 is 2. The van der Waals surface area contributed by atoms with E-state index in [0.29, 0.717) is 28.0 Å². The first-order valence-electron chi connectivity index (χ1n) is 10.2. The number of carbonyl (C=O) groups excluding carboxylic acids is 2. The molecule has 1 unspecified atom stereocenters. The molecule has 8 nitrogen and oxygen atoms in total. The van der Waals surface area contributed by atoms with Crippen LogP contribution in [-0.4, -0.2) is 42.0 Å². The van der Waals surface area contributed by atoms with Gasteiger partial charge in [0.15, 0.2) is 0 Å². The van der Waals surface area contributed by atoms with E-state index in [2.05, 4.69) is 5.10 Å². The first-order valence-corrected chi connectivity index (χ1v) is 10.2. The fourth-order valence-corrected chi connectivity index (χ4v) is 3.94. The van der Waals surface area contributed by atoms with Crippen molar-refractivity contribution in [2.24, 2.45) is 5.73 Å². The van der Waals surface area contributed by atoms with Gasteiger partial charge in [-0.3, -0.25) is 0 Å². The lowest BCUT2D eigenvalue weighted by molar-refractivity contribution is 0.0317. The number of benzene rings is 2. The van der Waals surface area contributed by atoms with Crippen molar-refractivity contribution in [3.05, 3.63) is 59.3 Å². The van der Waals surface area contributed by atoms with E-state index in [1.165, 1.54) is 14.2 Å². The fraction of sp³-hybridized carbons (Fsp3) is 0.348. The third kappa shape index (κ3) is 4.11. The van der Waals surface area contributed by atoms with Crippen molar-refractivity contribution in [1.82, 2.24) is 9.78 Å². The number of nitrogens with two attached hydrogens (primary N) is 1. The maximum absolute atomic E-state index is 12.6. The Labute approximate surface area is 179 Å². The Morgan fingerprint density at radius 1 is 1.06 bits per heavy atom. The van der Waals surface area contributed by atoms with Gasteiger partial charge in [0.2, 0.25) is 0 Å². The zero-order valence-electron chi connectivity index (χ0n) is 17.5. The topological polar surface area (TPSA) is 106 Å². The van der Waals surface area contributed by atoms with Crippen molar-refractivity contribution in [2.75, 3.05) is 14.2 Å². The van der Waals surface area contributed by atoms with Crippen molar-refractivity contribution in [1.29, 1.82) is 0 Å². The Morgan fingerprint density at radius 3 is 2.48 bits per heavy atom. The number of fused-ring (bicyclic) bond motifs is 1. The smallest absolute Gasteiger partial charge is 0.338 e. The summed E-state index contributed by atoms with van der Waals surface area (Å²) in [5.41, 5.74) is 8.67. The third-order valence-corrected chi connectivity index (χ3v) is 5.65. The third-order valence-electron chi connectivity index (χ3n) is 5.65. The van der Waals surface area contributed by atoms with Crippen molar-refractivity contribution in [3.8, 4) is 5.75 Å². The molecule has 0 amide bonds. The van der Waals surface area contributed by atoms with Crippen LogP contribution in [0.5, 0.6) is 5.75 Å². The molecule has 1 fully saturated rings. The molecule has 4 rings (SSSR count). The summed E-state index contributed by atoms with van der Waals surface area (Å²) < 4.78 is 17.5. The van der Waals surface area contributed by atoms with Gasteiger partial charge in [-0.1, -0.05) is 12.1 Å². The minimum atomic E-state index is -0.694. The Balaban J connectivity index is 1.66. The summed E-state index contributed by atoms with van der Waals surface area (Å²) in [6, 6.07) is 10.2. The standard InChI is InChI=1S/C23H25N3O5/c1-29-20-12-15(22(27)30-2)9-10-18(20)21(24)26-19-11-14(7-8-16(19)13-25-26)23(28)31-17-5-3-4-6-17/h7-13,17,21H,3-6,24H2,1-2H3. The van der Waals surface area contributed by atoms with E-state index in [1.54, 1.807) is 41.2 Å². The lowest BCUT2D eigenvalue weighted by atomic mass is 10.1. The van der Waals surface area contributed by atoms with Crippen molar-refractivity contribution in [2.45, 2.75) is 38.0 Å². The minimum absolute atomic E-state index is 0.00653. The van der Waals surface area contributed by atoms with E-state index in [4.69, 9.17) is 19.9 Å². The molecule has 0 saturated heterocycles. The lowest BCUT2D eigenvalue weighted by Gasteiger charge is -2.18. The van der Waals surface area contributed by atoms with E-state index in [9.17, 15) is 9.59 Å². The zero-order valence-corrected chi connectivity index (χ0v) is 17.5. The molecule has 1 aromatic heterocycles. The van der Waals surface area contributed by atoms with Gasteiger partial charge in [-0.25, -0.2) is 14.3 Å². The molecule has 0 bridgehead atoms. The highest BCUT2D eigenvalue weighted by Crippen LogP contribution is 2.29. The molecule has 8 heteroatoms. The number of aromatic nitrogens is 2. The molecule has 2 aromatic carbocycles. The van der Waals surface area contributed by atoms with E-state index < -0.39 is 12.1 Å². The SMILES string of the molecule is COC(=O)c1ccc(C(N)n2ncc3ccc(C(=O)OC4CCCC4)cc32)c(OC)c1. The van der Waals surface area contributed by atoms with Crippen LogP contribution in [0.15, 0.2) is 42.6 Å². The molecule has 2 N–H and O–H groups in total. The van der Waals surface area contributed by atoms with E-state index >= 15 is 0 Å². The molecule has 1 aliphatic rings. The van der Waals surface area contributed by atoms with Crippen LogP contribution in [0.2, 0.25) is 0 Å². The van der Waals surface area contributed by atoms with Gasteiger partial charge < -0.3 is 19.9 Å². The lowest BCUT2D eigenvalue weighted by Crippen LogP contribution is -2.22. The van der Waals surface area contributed by atoms with Gasteiger partial charge in [0.05, 0.1) is 37.1 Å². The van der Waals surface area contributed by atoms with Crippen LogP contribution in [0.4, 0.5) is 0 Å². The summed E-state index contributed by atoms with van der Waals surface area (Å²) in [6.45, 7) is 0. The van der Waals surface area contributed by atoms with Gasteiger partial charge in [-0.2, -0.15) is 5.10 Å². The van der Waals surface area contributed by atoms with Gasteiger partial charge in [0.25, 0.3) is 0 Å². The molecular formula is C23H25N3O5. The summed E-state index contributed by atoms with van der Waals surface area (Å²) in [7, 11) is 2.82.